The van der Waals surface area contributed by atoms with Crippen LogP contribution in [0.4, 0.5) is 4.39 Å². The molecule has 7 heteroatoms. The molecule has 146 valence electrons. The fraction of sp³-hybridized carbons (Fsp3) is 0.350. The molecule has 6 nitrogen and oxygen atoms in total. The van der Waals surface area contributed by atoms with Crippen molar-refractivity contribution in [2.75, 3.05) is 27.9 Å². The lowest BCUT2D eigenvalue weighted by Gasteiger charge is -2.23. The van der Waals surface area contributed by atoms with Crippen LogP contribution in [0, 0.1) is 5.82 Å². The van der Waals surface area contributed by atoms with Gasteiger partial charge in [0.15, 0.2) is 0 Å². The van der Waals surface area contributed by atoms with Crippen molar-refractivity contribution in [3.8, 4) is 11.5 Å². The van der Waals surface area contributed by atoms with E-state index in [4.69, 9.17) is 19.9 Å². The number of amides is 1. The van der Waals surface area contributed by atoms with E-state index in [0.29, 0.717) is 17.1 Å². The second kappa shape index (κ2) is 9.89. The number of methoxy groups -OCH3 is 3. The number of hydrogen-bond acceptors (Lipinski definition) is 5. The van der Waals surface area contributed by atoms with Crippen LogP contribution in [0.25, 0.3) is 0 Å². The van der Waals surface area contributed by atoms with Crippen molar-refractivity contribution in [1.82, 2.24) is 5.32 Å². The van der Waals surface area contributed by atoms with Crippen LogP contribution in [0.5, 0.6) is 11.5 Å². The number of benzene rings is 2. The van der Waals surface area contributed by atoms with E-state index in [9.17, 15) is 9.18 Å². The second-order valence-corrected chi connectivity index (χ2v) is 5.96. The van der Waals surface area contributed by atoms with E-state index >= 15 is 0 Å². The quantitative estimate of drug-likeness (QED) is 0.702. The first kappa shape index (κ1) is 20.7. The molecular formula is C20H25FN2O4. The topological polar surface area (TPSA) is 82.8 Å². The lowest BCUT2D eigenvalue weighted by molar-refractivity contribution is -0.123. The molecule has 0 saturated carbocycles. The van der Waals surface area contributed by atoms with Crippen LogP contribution in [0.1, 0.15) is 23.6 Å². The van der Waals surface area contributed by atoms with Crippen LogP contribution in [0.3, 0.4) is 0 Å². The number of nitrogens with one attached hydrogen (secondary N) is 1. The summed E-state index contributed by atoms with van der Waals surface area (Å²) in [7, 11) is 4.55. The molecule has 3 N–H and O–H groups in total. The van der Waals surface area contributed by atoms with Gasteiger partial charge in [0.05, 0.1) is 32.8 Å². The number of rotatable bonds is 9. The van der Waals surface area contributed by atoms with Gasteiger partial charge in [-0.15, -0.1) is 0 Å². The van der Waals surface area contributed by atoms with Crippen molar-refractivity contribution in [1.29, 1.82) is 0 Å². The third-order valence-corrected chi connectivity index (χ3v) is 4.24. The predicted octanol–water partition coefficient (Wildman–Crippen LogP) is 2.41. The molecular weight excluding hydrogens is 351 g/mol. The van der Waals surface area contributed by atoms with E-state index in [0.717, 1.165) is 5.56 Å². The molecule has 0 radical (unpaired) electrons. The van der Waals surface area contributed by atoms with E-state index in [1.165, 1.54) is 32.4 Å². The molecule has 0 aromatic heterocycles. The van der Waals surface area contributed by atoms with E-state index in [-0.39, 0.29) is 18.9 Å². The minimum absolute atomic E-state index is 0.0884. The van der Waals surface area contributed by atoms with Gasteiger partial charge in [-0.1, -0.05) is 12.1 Å². The molecule has 0 heterocycles. The molecule has 1 amide bonds. The molecule has 27 heavy (non-hydrogen) atoms. The zero-order valence-electron chi connectivity index (χ0n) is 15.7. The normalized spacial score (nSPS) is 12.9. The van der Waals surface area contributed by atoms with Crippen molar-refractivity contribution < 1.29 is 23.4 Å². The van der Waals surface area contributed by atoms with Gasteiger partial charge in [0.2, 0.25) is 5.91 Å². The summed E-state index contributed by atoms with van der Waals surface area (Å²) in [5.74, 6) is 0.390. The Morgan fingerprint density at radius 1 is 1.15 bits per heavy atom. The van der Waals surface area contributed by atoms with Crippen molar-refractivity contribution in [3.05, 3.63) is 59.4 Å². The van der Waals surface area contributed by atoms with Crippen LogP contribution >= 0.6 is 0 Å². The number of carbonyl (C=O) groups excluding carboxylic acids is 1. The Hall–Kier alpha value is -2.64. The first-order valence-corrected chi connectivity index (χ1v) is 8.52. The molecule has 0 aliphatic rings. The summed E-state index contributed by atoms with van der Waals surface area (Å²) in [6, 6.07) is 10.8. The lowest BCUT2D eigenvalue weighted by atomic mass is 9.97. The molecule has 2 rings (SSSR count). The number of hydrogen-bond donors (Lipinski definition) is 2. The van der Waals surface area contributed by atoms with Gasteiger partial charge in [-0.3, -0.25) is 4.79 Å². The van der Waals surface area contributed by atoms with Gasteiger partial charge in [-0.05, 0) is 35.9 Å². The third-order valence-electron chi connectivity index (χ3n) is 4.24. The van der Waals surface area contributed by atoms with Gasteiger partial charge in [-0.25, -0.2) is 4.39 Å². The summed E-state index contributed by atoms with van der Waals surface area (Å²) >= 11 is 0. The Morgan fingerprint density at radius 3 is 2.56 bits per heavy atom. The van der Waals surface area contributed by atoms with Gasteiger partial charge in [0.1, 0.15) is 17.3 Å². The predicted molar refractivity (Wildman–Crippen MR) is 100 cm³/mol. The highest BCUT2D eigenvalue weighted by Crippen LogP contribution is 2.32. The summed E-state index contributed by atoms with van der Waals surface area (Å²) in [6.07, 6.45) is -0.309. The molecule has 0 aliphatic carbocycles. The Kier molecular flexibility index (Phi) is 7.57. The van der Waals surface area contributed by atoms with E-state index in [1.807, 2.05) is 6.07 Å². The molecule has 0 aliphatic heterocycles. The molecule has 2 unspecified atom stereocenters. The SMILES string of the molecule is COc1cccc(C(NC(=O)CC(CN)OC)c2cc(F)ccc2OC)c1. The summed E-state index contributed by atoms with van der Waals surface area (Å²) in [6.45, 7) is 0.219. The summed E-state index contributed by atoms with van der Waals surface area (Å²) in [5.41, 5.74) is 6.83. The van der Waals surface area contributed by atoms with Crippen LogP contribution in [-0.4, -0.2) is 39.9 Å². The van der Waals surface area contributed by atoms with Crippen molar-refractivity contribution in [3.63, 3.8) is 0 Å². The number of nitrogens with two attached hydrogens (primary N) is 1. The third kappa shape index (κ3) is 5.42. The zero-order chi connectivity index (χ0) is 19.8. The first-order valence-electron chi connectivity index (χ1n) is 8.52. The van der Waals surface area contributed by atoms with Gasteiger partial charge >= 0.3 is 0 Å². The van der Waals surface area contributed by atoms with Gasteiger partial charge in [-0.2, -0.15) is 0 Å². The van der Waals surface area contributed by atoms with Crippen LogP contribution in [-0.2, 0) is 9.53 Å². The van der Waals surface area contributed by atoms with E-state index in [1.54, 1.807) is 25.3 Å². The Bertz CT molecular complexity index is 765. The molecule has 0 bridgehead atoms. The minimum atomic E-state index is -0.631. The van der Waals surface area contributed by atoms with E-state index < -0.39 is 18.0 Å². The van der Waals surface area contributed by atoms with Gasteiger partial charge in [0, 0.05) is 19.2 Å². The molecule has 0 saturated heterocycles. The molecule has 2 aromatic rings. The van der Waals surface area contributed by atoms with Crippen LogP contribution in [0.2, 0.25) is 0 Å². The molecule has 2 aromatic carbocycles. The van der Waals surface area contributed by atoms with Crippen molar-refractivity contribution in [2.24, 2.45) is 5.73 Å². The Morgan fingerprint density at radius 2 is 1.93 bits per heavy atom. The Balaban J connectivity index is 2.43. The molecule has 0 fully saturated rings. The van der Waals surface area contributed by atoms with Crippen molar-refractivity contribution >= 4 is 5.91 Å². The molecule has 2 atom stereocenters. The lowest BCUT2D eigenvalue weighted by Crippen LogP contribution is -2.35. The highest BCUT2D eigenvalue weighted by Gasteiger charge is 2.23. The maximum absolute atomic E-state index is 13.9. The highest BCUT2D eigenvalue weighted by atomic mass is 19.1. The smallest absolute Gasteiger partial charge is 0.223 e. The summed E-state index contributed by atoms with van der Waals surface area (Å²) in [4.78, 5) is 12.6. The summed E-state index contributed by atoms with van der Waals surface area (Å²) < 4.78 is 29.7. The maximum Gasteiger partial charge on any atom is 0.223 e. The minimum Gasteiger partial charge on any atom is -0.497 e. The Labute approximate surface area is 158 Å². The van der Waals surface area contributed by atoms with Gasteiger partial charge in [0.25, 0.3) is 0 Å². The number of carbonyl (C=O) groups is 1. The molecule has 0 spiro atoms. The number of halogens is 1. The number of ether oxygens (including phenoxy) is 3. The fourth-order valence-corrected chi connectivity index (χ4v) is 2.78. The van der Waals surface area contributed by atoms with E-state index in [2.05, 4.69) is 5.32 Å². The second-order valence-electron chi connectivity index (χ2n) is 5.96. The zero-order valence-corrected chi connectivity index (χ0v) is 15.7. The van der Waals surface area contributed by atoms with Gasteiger partial charge < -0.3 is 25.3 Å². The average molecular weight is 376 g/mol. The highest BCUT2D eigenvalue weighted by molar-refractivity contribution is 5.77. The van der Waals surface area contributed by atoms with Crippen molar-refractivity contribution in [2.45, 2.75) is 18.6 Å². The van der Waals surface area contributed by atoms with Crippen LogP contribution < -0.4 is 20.5 Å². The average Bonchev–Trinajstić information content (AvgIpc) is 2.70. The largest absolute Gasteiger partial charge is 0.497 e. The maximum atomic E-state index is 13.9. The monoisotopic (exact) mass is 376 g/mol. The summed E-state index contributed by atoms with van der Waals surface area (Å²) in [5, 5.41) is 2.93. The standard InChI is InChI=1S/C20H25FN2O4/c1-25-15-6-4-5-13(9-15)20(23-19(24)11-16(12-22)26-2)17-10-14(21)7-8-18(17)27-3/h4-10,16,20H,11-12,22H2,1-3H3,(H,23,24). The van der Waals surface area contributed by atoms with Crippen LogP contribution in [0.15, 0.2) is 42.5 Å². The fourth-order valence-electron chi connectivity index (χ4n) is 2.78. The first-order chi connectivity index (χ1) is 13.0.